The molecule has 0 N–H and O–H groups in total. The second kappa shape index (κ2) is 8.65. The second-order valence-corrected chi connectivity index (χ2v) is 8.41. The lowest BCUT2D eigenvalue weighted by Gasteiger charge is -2.08. The summed E-state index contributed by atoms with van der Waals surface area (Å²) < 4.78 is 19.0. The highest BCUT2D eigenvalue weighted by atomic mass is 32.1. The summed E-state index contributed by atoms with van der Waals surface area (Å²) in [6.45, 7) is 0.898. The number of carbonyl (C=O) groups is 1. The highest BCUT2D eigenvalue weighted by Crippen LogP contribution is 2.28. The fourth-order valence-electron chi connectivity index (χ4n) is 3.91. The van der Waals surface area contributed by atoms with E-state index in [9.17, 15) is 9.59 Å². The van der Waals surface area contributed by atoms with E-state index in [-0.39, 0.29) is 5.56 Å². The number of rotatable bonds is 5. The number of ether oxygens (including phenoxy) is 2. The van der Waals surface area contributed by atoms with Crippen LogP contribution in [-0.4, -0.2) is 31.3 Å². The summed E-state index contributed by atoms with van der Waals surface area (Å²) in [5.41, 5.74) is 0.428. The molecule has 7 nitrogen and oxygen atoms in total. The van der Waals surface area contributed by atoms with E-state index in [1.54, 1.807) is 26.4 Å². The van der Waals surface area contributed by atoms with Crippen molar-refractivity contribution >= 4 is 49.2 Å². The van der Waals surface area contributed by atoms with E-state index in [1.807, 2.05) is 53.1 Å². The van der Waals surface area contributed by atoms with Crippen LogP contribution in [-0.2, 0) is 11.3 Å². The number of carbonyl (C=O) groups excluding carboxylic acids is 1. The van der Waals surface area contributed by atoms with Crippen molar-refractivity contribution in [3.63, 3.8) is 0 Å². The molecular formula is C25H20N2O5S. The monoisotopic (exact) mass is 460 g/mol. The van der Waals surface area contributed by atoms with Crippen LogP contribution in [0.3, 0.4) is 0 Å². The van der Waals surface area contributed by atoms with Gasteiger partial charge in [-0.2, -0.15) is 4.99 Å². The molecule has 0 bridgehead atoms. The van der Waals surface area contributed by atoms with Gasteiger partial charge < -0.3 is 18.5 Å². The lowest BCUT2D eigenvalue weighted by Crippen LogP contribution is -2.21. The van der Waals surface area contributed by atoms with Gasteiger partial charge in [0.25, 0.3) is 5.91 Å². The van der Waals surface area contributed by atoms with Gasteiger partial charge >= 0.3 is 5.63 Å². The second-order valence-electron chi connectivity index (χ2n) is 7.40. The molecule has 5 aromatic rings. The fourth-order valence-corrected chi connectivity index (χ4v) is 4.98. The van der Waals surface area contributed by atoms with Gasteiger partial charge in [0.2, 0.25) is 0 Å². The van der Waals surface area contributed by atoms with E-state index in [1.165, 1.54) is 11.3 Å². The Morgan fingerprint density at radius 3 is 2.73 bits per heavy atom. The zero-order chi connectivity index (χ0) is 22.9. The molecule has 0 spiro atoms. The van der Waals surface area contributed by atoms with Gasteiger partial charge in [0.05, 0.1) is 18.4 Å². The molecule has 8 heteroatoms. The van der Waals surface area contributed by atoms with Crippen molar-refractivity contribution in [3.05, 3.63) is 81.4 Å². The van der Waals surface area contributed by atoms with Gasteiger partial charge in [-0.3, -0.25) is 4.79 Å². The van der Waals surface area contributed by atoms with Crippen LogP contribution in [0, 0.1) is 0 Å². The van der Waals surface area contributed by atoms with Gasteiger partial charge in [-0.05, 0) is 35.0 Å². The predicted octanol–water partition coefficient (Wildman–Crippen LogP) is 4.36. The summed E-state index contributed by atoms with van der Waals surface area (Å²) in [7, 11) is 3.21. The van der Waals surface area contributed by atoms with E-state index in [0.717, 1.165) is 21.0 Å². The molecular weight excluding hydrogens is 440 g/mol. The molecule has 0 fully saturated rings. The first-order valence-electron chi connectivity index (χ1n) is 10.3. The minimum Gasteiger partial charge on any atom is -0.495 e. The van der Waals surface area contributed by atoms with Crippen molar-refractivity contribution in [3.8, 4) is 5.75 Å². The topological polar surface area (TPSA) is 83.0 Å². The SMILES string of the molecule is COCCn1c(=NC(=O)c2cc3c(ccc4ccccc43)oc2=O)sc2cccc(OC)c21. The van der Waals surface area contributed by atoms with E-state index in [4.69, 9.17) is 13.9 Å². The molecule has 3 aromatic carbocycles. The van der Waals surface area contributed by atoms with Crippen LogP contribution in [0.2, 0.25) is 0 Å². The number of thiazole rings is 1. The summed E-state index contributed by atoms with van der Waals surface area (Å²) in [5, 5.41) is 2.58. The molecule has 5 rings (SSSR count). The number of para-hydroxylation sites is 1. The number of fused-ring (bicyclic) bond motifs is 4. The van der Waals surface area contributed by atoms with Crippen LogP contribution in [0.5, 0.6) is 5.75 Å². The summed E-state index contributed by atoms with van der Waals surface area (Å²) in [5.74, 6) is 0.0146. The Hall–Kier alpha value is -3.75. The van der Waals surface area contributed by atoms with Crippen LogP contribution in [0.4, 0.5) is 0 Å². The molecule has 2 heterocycles. The van der Waals surface area contributed by atoms with Crippen LogP contribution in [0.15, 0.2) is 74.9 Å². The number of hydrogen-bond donors (Lipinski definition) is 0. The standard InChI is InChI=1S/C25H20N2O5S/c1-30-13-12-27-22-20(31-2)8-5-9-21(22)33-25(27)26-23(28)18-14-17-16-7-4-3-6-15(16)10-11-19(17)32-24(18)29/h3-11,14H,12-13H2,1-2H3. The quantitative estimate of drug-likeness (QED) is 0.288. The molecule has 0 aliphatic heterocycles. The van der Waals surface area contributed by atoms with Crippen LogP contribution in [0.25, 0.3) is 32.0 Å². The number of hydrogen-bond acceptors (Lipinski definition) is 6. The Bertz CT molecular complexity index is 1640. The largest absolute Gasteiger partial charge is 0.495 e. The lowest BCUT2D eigenvalue weighted by atomic mass is 10.0. The Balaban J connectivity index is 1.70. The fraction of sp³-hybridized carbons (Fsp3) is 0.160. The first-order chi connectivity index (χ1) is 16.1. The average molecular weight is 461 g/mol. The number of aromatic nitrogens is 1. The Morgan fingerprint density at radius 1 is 1.06 bits per heavy atom. The van der Waals surface area contributed by atoms with E-state index in [2.05, 4.69) is 4.99 Å². The molecule has 0 radical (unpaired) electrons. The molecule has 166 valence electrons. The smallest absolute Gasteiger partial charge is 0.349 e. The molecule has 0 atom stereocenters. The average Bonchev–Trinajstić information content (AvgIpc) is 3.18. The van der Waals surface area contributed by atoms with Gasteiger partial charge in [-0.1, -0.05) is 47.7 Å². The summed E-state index contributed by atoms with van der Waals surface area (Å²) in [6.07, 6.45) is 0. The molecule has 0 aliphatic rings. The third-order valence-corrected chi connectivity index (χ3v) is 6.52. The van der Waals surface area contributed by atoms with Crippen molar-refractivity contribution in [2.24, 2.45) is 4.99 Å². The highest BCUT2D eigenvalue weighted by Gasteiger charge is 2.17. The molecule has 0 saturated heterocycles. The van der Waals surface area contributed by atoms with Crippen molar-refractivity contribution < 1.29 is 18.7 Å². The Kier molecular flexibility index (Phi) is 5.53. The van der Waals surface area contributed by atoms with E-state index >= 15 is 0 Å². The zero-order valence-electron chi connectivity index (χ0n) is 18.0. The maximum Gasteiger partial charge on any atom is 0.349 e. The third-order valence-electron chi connectivity index (χ3n) is 5.47. The molecule has 0 unspecified atom stereocenters. The molecule has 0 saturated carbocycles. The van der Waals surface area contributed by atoms with Crippen LogP contribution < -0.4 is 15.2 Å². The summed E-state index contributed by atoms with van der Waals surface area (Å²) >= 11 is 1.35. The molecule has 33 heavy (non-hydrogen) atoms. The Labute approximate surface area is 192 Å². The maximum atomic E-state index is 13.2. The highest BCUT2D eigenvalue weighted by molar-refractivity contribution is 7.16. The summed E-state index contributed by atoms with van der Waals surface area (Å²) in [4.78, 5) is 30.6. The molecule has 0 aliphatic carbocycles. The molecule has 2 aromatic heterocycles. The maximum absolute atomic E-state index is 13.2. The van der Waals surface area contributed by atoms with E-state index < -0.39 is 11.5 Å². The van der Waals surface area contributed by atoms with Crippen LogP contribution in [0.1, 0.15) is 10.4 Å². The number of amides is 1. The zero-order valence-corrected chi connectivity index (χ0v) is 18.8. The number of nitrogens with zero attached hydrogens (tertiary/aromatic N) is 2. The first kappa shape index (κ1) is 21.1. The van der Waals surface area contributed by atoms with Crippen LogP contribution >= 0.6 is 11.3 Å². The van der Waals surface area contributed by atoms with Crippen molar-refractivity contribution in [2.45, 2.75) is 6.54 Å². The lowest BCUT2D eigenvalue weighted by molar-refractivity contribution is 0.0994. The van der Waals surface area contributed by atoms with Crippen molar-refractivity contribution in [1.82, 2.24) is 4.57 Å². The Morgan fingerprint density at radius 2 is 1.91 bits per heavy atom. The minimum absolute atomic E-state index is 0.110. The predicted molar refractivity (Wildman–Crippen MR) is 128 cm³/mol. The van der Waals surface area contributed by atoms with Gasteiger partial charge in [-0.15, -0.1) is 0 Å². The number of benzene rings is 3. The number of methoxy groups -OCH3 is 2. The normalized spacial score (nSPS) is 12.1. The van der Waals surface area contributed by atoms with Gasteiger partial charge in [0.1, 0.15) is 22.4 Å². The third kappa shape index (κ3) is 3.73. The van der Waals surface area contributed by atoms with Crippen molar-refractivity contribution in [1.29, 1.82) is 0 Å². The van der Waals surface area contributed by atoms with Gasteiger partial charge in [-0.25, -0.2) is 4.79 Å². The van der Waals surface area contributed by atoms with Crippen molar-refractivity contribution in [2.75, 3.05) is 20.8 Å². The first-order valence-corrected chi connectivity index (χ1v) is 11.1. The summed E-state index contributed by atoms with van der Waals surface area (Å²) in [6, 6.07) is 18.6. The minimum atomic E-state index is -0.714. The van der Waals surface area contributed by atoms with Gasteiger partial charge in [0.15, 0.2) is 4.80 Å². The van der Waals surface area contributed by atoms with E-state index in [0.29, 0.717) is 34.7 Å². The molecule has 1 amide bonds. The van der Waals surface area contributed by atoms with Gasteiger partial charge in [0, 0.05) is 19.0 Å².